The van der Waals surface area contributed by atoms with Gasteiger partial charge in [0.1, 0.15) is 0 Å². The number of anilines is 1. The van der Waals surface area contributed by atoms with Gasteiger partial charge >= 0.3 is 0 Å². The lowest BCUT2D eigenvalue weighted by atomic mass is 9.98. The number of H-pyrrole nitrogens is 1. The zero-order valence-corrected chi connectivity index (χ0v) is 16.5. The summed E-state index contributed by atoms with van der Waals surface area (Å²) in [4.78, 5) is 27.4. The van der Waals surface area contributed by atoms with Crippen molar-refractivity contribution in [3.63, 3.8) is 0 Å². The third kappa shape index (κ3) is 3.67. The Morgan fingerprint density at radius 1 is 1.25 bits per heavy atom. The summed E-state index contributed by atoms with van der Waals surface area (Å²) in [5.41, 5.74) is 4.64. The molecule has 0 aliphatic carbocycles. The molecule has 0 saturated carbocycles. The summed E-state index contributed by atoms with van der Waals surface area (Å²) in [6.07, 6.45) is 2.96. The highest BCUT2D eigenvalue weighted by Gasteiger charge is 2.23. The summed E-state index contributed by atoms with van der Waals surface area (Å²) in [5, 5.41) is 13.4. The Morgan fingerprint density at radius 2 is 2.04 bits per heavy atom. The number of rotatable bonds is 3. The number of nitrogens with zero attached hydrogens (tertiary/aromatic N) is 2. The van der Waals surface area contributed by atoms with E-state index < -0.39 is 0 Å². The average molecular weight is 381 g/mol. The Morgan fingerprint density at radius 3 is 2.79 bits per heavy atom. The van der Waals surface area contributed by atoms with Crippen LogP contribution in [0.3, 0.4) is 0 Å². The largest absolute Gasteiger partial charge is 0.339 e. The van der Waals surface area contributed by atoms with Crippen molar-refractivity contribution >= 4 is 17.5 Å². The van der Waals surface area contributed by atoms with Gasteiger partial charge in [-0.3, -0.25) is 14.7 Å². The second kappa shape index (κ2) is 7.75. The third-order valence-electron chi connectivity index (χ3n) is 5.81. The number of nitrogens with one attached hydrogen (secondary N) is 3. The first-order chi connectivity index (χ1) is 13.5. The van der Waals surface area contributed by atoms with Crippen molar-refractivity contribution in [3.8, 4) is 0 Å². The smallest absolute Gasteiger partial charge is 0.276 e. The highest BCUT2D eigenvalue weighted by molar-refractivity contribution is 6.05. The standard InChI is InChI=1S/C21H27N5O2/c1-13-6-9-26(10-7-13)21(28)15-3-4-17(14(2)11-15)23-20(27)19-16-12-22-8-5-18(16)24-25-19/h3-4,11,13,22H,5-10,12H2,1-2H3,(H,23,27)(H,24,25). The molecule has 1 aromatic heterocycles. The van der Waals surface area contributed by atoms with Crippen molar-refractivity contribution in [2.24, 2.45) is 5.92 Å². The van der Waals surface area contributed by atoms with Crippen LogP contribution in [0.25, 0.3) is 0 Å². The van der Waals surface area contributed by atoms with E-state index in [1.165, 1.54) is 0 Å². The zero-order valence-electron chi connectivity index (χ0n) is 16.5. The van der Waals surface area contributed by atoms with E-state index in [0.717, 1.165) is 55.7 Å². The molecule has 0 bridgehead atoms. The predicted octanol–water partition coefficient (Wildman–Crippen LogP) is 2.49. The summed E-state index contributed by atoms with van der Waals surface area (Å²) >= 11 is 0. The lowest BCUT2D eigenvalue weighted by Gasteiger charge is -2.30. The first-order valence-electron chi connectivity index (χ1n) is 10.0. The van der Waals surface area contributed by atoms with Gasteiger partial charge in [-0.15, -0.1) is 0 Å². The second-order valence-corrected chi connectivity index (χ2v) is 7.91. The number of amides is 2. The molecule has 0 radical (unpaired) electrons. The van der Waals surface area contributed by atoms with Crippen molar-refractivity contribution in [1.82, 2.24) is 20.4 Å². The predicted molar refractivity (Wildman–Crippen MR) is 107 cm³/mol. The summed E-state index contributed by atoms with van der Waals surface area (Å²) in [7, 11) is 0. The molecule has 4 rings (SSSR count). The van der Waals surface area contributed by atoms with Crippen LogP contribution in [-0.2, 0) is 13.0 Å². The van der Waals surface area contributed by atoms with Crippen LogP contribution in [0.4, 0.5) is 5.69 Å². The van der Waals surface area contributed by atoms with Gasteiger partial charge < -0.3 is 15.5 Å². The fraction of sp³-hybridized carbons (Fsp3) is 0.476. The minimum atomic E-state index is -0.228. The van der Waals surface area contributed by atoms with Gasteiger partial charge in [0.15, 0.2) is 5.69 Å². The number of carbonyl (C=O) groups excluding carboxylic acids is 2. The van der Waals surface area contributed by atoms with Crippen LogP contribution in [0, 0.1) is 12.8 Å². The van der Waals surface area contributed by atoms with Gasteiger partial charge in [-0.2, -0.15) is 5.10 Å². The number of aryl methyl sites for hydroxylation is 1. The topological polar surface area (TPSA) is 90.1 Å². The fourth-order valence-electron chi connectivity index (χ4n) is 3.93. The normalized spacial score (nSPS) is 17.3. The molecule has 7 nitrogen and oxygen atoms in total. The van der Waals surface area contributed by atoms with E-state index in [1.807, 2.05) is 24.0 Å². The molecule has 2 aliphatic rings. The van der Waals surface area contributed by atoms with Crippen molar-refractivity contribution in [2.75, 3.05) is 25.0 Å². The van der Waals surface area contributed by atoms with Crippen LogP contribution >= 0.6 is 0 Å². The van der Waals surface area contributed by atoms with E-state index in [9.17, 15) is 9.59 Å². The third-order valence-corrected chi connectivity index (χ3v) is 5.81. The molecule has 2 amide bonds. The molecular formula is C21H27N5O2. The molecule has 3 heterocycles. The number of likely N-dealkylation sites (tertiary alicyclic amines) is 1. The molecule has 2 aromatic rings. The van der Waals surface area contributed by atoms with E-state index in [0.29, 0.717) is 29.4 Å². The number of hydrogen-bond donors (Lipinski definition) is 3. The van der Waals surface area contributed by atoms with E-state index >= 15 is 0 Å². The van der Waals surface area contributed by atoms with Gasteiger partial charge in [-0.1, -0.05) is 6.92 Å². The molecule has 28 heavy (non-hydrogen) atoms. The Kier molecular flexibility index (Phi) is 5.17. The highest BCUT2D eigenvalue weighted by atomic mass is 16.2. The van der Waals surface area contributed by atoms with Crippen LogP contribution in [-0.4, -0.2) is 46.5 Å². The van der Waals surface area contributed by atoms with Crippen molar-refractivity contribution in [2.45, 2.75) is 39.7 Å². The van der Waals surface area contributed by atoms with Gasteiger partial charge in [0.2, 0.25) is 0 Å². The van der Waals surface area contributed by atoms with E-state index in [-0.39, 0.29) is 11.8 Å². The molecule has 0 atom stereocenters. The number of aromatic amines is 1. The molecular weight excluding hydrogens is 354 g/mol. The van der Waals surface area contributed by atoms with E-state index in [1.54, 1.807) is 6.07 Å². The minimum Gasteiger partial charge on any atom is -0.339 e. The van der Waals surface area contributed by atoms with Gasteiger partial charge in [0.25, 0.3) is 11.8 Å². The van der Waals surface area contributed by atoms with Crippen LogP contribution in [0.15, 0.2) is 18.2 Å². The summed E-state index contributed by atoms with van der Waals surface area (Å²) in [6.45, 7) is 7.31. The fourth-order valence-corrected chi connectivity index (χ4v) is 3.93. The van der Waals surface area contributed by atoms with E-state index in [2.05, 4.69) is 27.8 Å². The maximum atomic E-state index is 12.8. The molecule has 0 unspecified atom stereocenters. The quantitative estimate of drug-likeness (QED) is 0.762. The SMILES string of the molecule is Cc1cc(C(=O)N2CCC(C)CC2)ccc1NC(=O)c1n[nH]c2c1CNCC2. The number of hydrogen-bond acceptors (Lipinski definition) is 4. The van der Waals surface area contributed by atoms with Crippen molar-refractivity contribution < 1.29 is 9.59 Å². The molecule has 1 aromatic carbocycles. The number of aromatic nitrogens is 2. The van der Waals surface area contributed by atoms with E-state index in [4.69, 9.17) is 0 Å². The van der Waals surface area contributed by atoms with Crippen LogP contribution in [0.1, 0.15) is 57.4 Å². The molecule has 1 saturated heterocycles. The summed E-state index contributed by atoms with van der Waals surface area (Å²) in [6, 6.07) is 5.46. The average Bonchev–Trinajstić information content (AvgIpc) is 3.14. The first kappa shape index (κ1) is 18.7. The monoisotopic (exact) mass is 381 g/mol. The van der Waals surface area contributed by atoms with Crippen molar-refractivity contribution in [1.29, 1.82) is 0 Å². The first-order valence-corrected chi connectivity index (χ1v) is 10.0. The van der Waals surface area contributed by atoms with Gasteiger partial charge in [-0.05, 0) is 49.4 Å². The van der Waals surface area contributed by atoms with Crippen LogP contribution < -0.4 is 10.6 Å². The number of piperidine rings is 1. The minimum absolute atomic E-state index is 0.0697. The van der Waals surface area contributed by atoms with Crippen LogP contribution in [0.5, 0.6) is 0 Å². The molecule has 0 spiro atoms. The number of carbonyl (C=O) groups is 2. The van der Waals surface area contributed by atoms with Gasteiger partial charge in [0, 0.05) is 55.1 Å². The maximum Gasteiger partial charge on any atom is 0.276 e. The maximum absolute atomic E-state index is 12.8. The van der Waals surface area contributed by atoms with Gasteiger partial charge in [-0.25, -0.2) is 0 Å². The Labute approximate surface area is 164 Å². The molecule has 2 aliphatic heterocycles. The Hall–Kier alpha value is -2.67. The molecule has 3 N–H and O–H groups in total. The molecule has 1 fully saturated rings. The van der Waals surface area contributed by atoms with Gasteiger partial charge in [0.05, 0.1) is 0 Å². The molecule has 148 valence electrons. The summed E-state index contributed by atoms with van der Waals surface area (Å²) < 4.78 is 0. The Bertz CT molecular complexity index is 896. The lowest BCUT2D eigenvalue weighted by molar-refractivity contribution is 0.0697. The lowest BCUT2D eigenvalue weighted by Crippen LogP contribution is -2.37. The zero-order chi connectivity index (χ0) is 19.7. The highest BCUT2D eigenvalue weighted by Crippen LogP contribution is 2.23. The number of fused-ring (bicyclic) bond motifs is 1. The second-order valence-electron chi connectivity index (χ2n) is 7.91. The van der Waals surface area contributed by atoms with Crippen molar-refractivity contribution in [3.05, 3.63) is 46.3 Å². The summed E-state index contributed by atoms with van der Waals surface area (Å²) in [5.74, 6) is 0.528. The Balaban J connectivity index is 1.47. The molecule has 7 heteroatoms. The van der Waals surface area contributed by atoms with Crippen LogP contribution in [0.2, 0.25) is 0 Å². The number of benzene rings is 1.